The molecule has 172 valence electrons. The highest BCUT2D eigenvalue weighted by Crippen LogP contribution is 2.08. The second-order valence-corrected chi connectivity index (χ2v) is 8.44. The quantitative estimate of drug-likeness (QED) is 0.0874. The molecule has 0 rings (SSSR count). The molecule has 0 aliphatic carbocycles. The molecule has 0 spiro atoms. The number of aldehydes is 1. The lowest BCUT2D eigenvalue weighted by Crippen LogP contribution is -2.55. The van der Waals surface area contributed by atoms with Gasteiger partial charge in [-0.25, -0.2) is 0 Å². The molecule has 0 heterocycles. The van der Waals surface area contributed by atoms with Crippen LogP contribution in [0.1, 0.15) is 46.5 Å². The topological polar surface area (TPSA) is 166 Å². The van der Waals surface area contributed by atoms with Crippen LogP contribution < -0.4 is 27.0 Å². The molecule has 30 heavy (non-hydrogen) atoms. The van der Waals surface area contributed by atoms with Gasteiger partial charge in [0.05, 0.1) is 6.04 Å². The normalized spacial score (nSPS) is 13.6. The molecule has 0 aromatic rings. The van der Waals surface area contributed by atoms with E-state index in [2.05, 4.69) is 21.3 Å². The Balaban J connectivity index is 5.01. The van der Waals surface area contributed by atoms with Crippen molar-refractivity contribution in [2.24, 2.45) is 11.7 Å². The summed E-state index contributed by atoms with van der Waals surface area (Å²) in [7, 11) is 0. The van der Waals surface area contributed by atoms with Crippen LogP contribution >= 0.6 is 11.8 Å². The van der Waals surface area contributed by atoms with Crippen molar-refractivity contribution in [1.82, 2.24) is 21.3 Å². The molecule has 3 amide bonds. The number of hydrogen-bond donors (Lipinski definition) is 6. The summed E-state index contributed by atoms with van der Waals surface area (Å²) in [5, 5.41) is 17.7. The Hall–Kier alpha value is -2.30. The van der Waals surface area contributed by atoms with Gasteiger partial charge in [0.25, 0.3) is 0 Å². The molecule has 0 radical (unpaired) electrons. The summed E-state index contributed by atoms with van der Waals surface area (Å²) >= 11 is 1.54. The average molecular weight is 445 g/mol. The Labute approximate surface area is 182 Å². The minimum Gasteiger partial charge on any atom is -0.370 e. The highest BCUT2D eigenvalue weighted by atomic mass is 32.2. The van der Waals surface area contributed by atoms with Crippen LogP contribution in [-0.4, -0.2) is 66.6 Å². The first-order valence-electron chi connectivity index (χ1n) is 10.0. The van der Waals surface area contributed by atoms with Crippen LogP contribution in [0.3, 0.4) is 0 Å². The Bertz CT molecular complexity index is 587. The Kier molecular flexibility index (Phi) is 14.3. The van der Waals surface area contributed by atoms with Crippen molar-refractivity contribution in [1.29, 1.82) is 5.41 Å². The third kappa shape index (κ3) is 13.0. The van der Waals surface area contributed by atoms with Crippen LogP contribution in [0.2, 0.25) is 0 Å². The summed E-state index contributed by atoms with van der Waals surface area (Å²) in [6, 6.07) is -2.25. The molecule has 0 saturated carbocycles. The molecule has 0 bridgehead atoms. The van der Waals surface area contributed by atoms with E-state index in [1.54, 1.807) is 0 Å². The summed E-state index contributed by atoms with van der Waals surface area (Å²) in [4.78, 5) is 48.2. The van der Waals surface area contributed by atoms with Gasteiger partial charge >= 0.3 is 0 Å². The van der Waals surface area contributed by atoms with Crippen molar-refractivity contribution >= 4 is 41.7 Å². The second-order valence-electron chi connectivity index (χ2n) is 7.46. The Morgan fingerprint density at radius 3 is 2.20 bits per heavy atom. The van der Waals surface area contributed by atoms with Gasteiger partial charge in [-0.3, -0.25) is 19.8 Å². The first kappa shape index (κ1) is 27.7. The van der Waals surface area contributed by atoms with E-state index in [1.807, 2.05) is 20.1 Å². The molecular formula is C19H36N6O4S. The summed E-state index contributed by atoms with van der Waals surface area (Å²) in [5.41, 5.74) is 5.20. The number of amides is 3. The fourth-order valence-corrected chi connectivity index (χ4v) is 3.20. The van der Waals surface area contributed by atoms with Gasteiger partial charge in [-0.15, -0.1) is 0 Å². The molecule has 0 aliphatic rings. The van der Waals surface area contributed by atoms with E-state index >= 15 is 0 Å². The first-order valence-corrected chi connectivity index (χ1v) is 11.4. The molecule has 10 nitrogen and oxygen atoms in total. The standard InChI is InChI=1S/C19H36N6O4S/c1-12(2)10-16(23-13(3)27)18(29)25-15(7-9-30-4)17(28)24-14(11-26)6-5-8-22-19(20)21/h11-12,14-16H,5-10H2,1-4H3,(H,23,27)(H,24,28)(H,25,29)(H4,20,21,22)/t14-,15-,16-/m0/s1. The molecule has 0 aromatic heterocycles. The smallest absolute Gasteiger partial charge is 0.243 e. The van der Waals surface area contributed by atoms with Gasteiger partial charge in [-0.05, 0) is 43.6 Å². The molecule has 0 saturated heterocycles. The zero-order valence-electron chi connectivity index (χ0n) is 18.2. The van der Waals surface area contributed by atoms with Gasteiger partial charge in [-0.1, -0.05) is 13.8 Å². The molecule has 11 heteroatoms. The lowest BCUT2D eigenvalue weighted by molar-refractivity contribution is -0.132. The van der Waals surface area contributed by atoms with Gasteiger partial charge in [0, 0.05) is 13.5 Å². The van der Waals surface area contributed by atoms with E-state index in [4.69, 9.17) is 11.1 Å². The van der Waals surface area contributed by atoms with Crippen LogP contribution in [0, 0.1) is 11.3 Å². The number of carbonyl (C=O) groups excluding carboxylic acids is 4. The van der Waals surface area contributed by atoms with Crippen LogP contribution in [0.4, 0.5) is 0 Å². The molecule has 0 aromatic carbocycles. The predicted molar refractivity (Wildman–Crippen MR) is 119 cm³/mol. The van der Waals surface area contributed by atoms with Crippen LogP contribution in [0.25, 0.3) is 0 Å². The lowest BCUT2D eigenvalue weighted by Gasteiger charge is -2.24. The van der Waals surface area contributed by atoms with Crippen molar-refractivity contribution in [3.05, 3.63) is 0 Å². The SMILES string of the molecule is CSCC[C@H](NC(=O)[C@H](CC(C)C)NC(C)=O)C(=O)N[C@H](C=O)CCCNC(=N)N. The number of thioether (sulfide) groups is 1. The van der Waals surface area contributed by atoms with Crippen molar-refractivity contribution in [3.8, 4) is 0 Å². The average Bonchev–Trinajstić information content (AvgIpc) is 2.65. The summed E-state index contributed by atoms with van der Waals surface area (Å²) < 4.78 is 0. The van der Waals surface area contributed by atoms with Gasteiger partial charge in [0.15, 0.2) is 5.96 Å². The molecule has 3 atom stereocenters. The monoisotopic (exact) mass is 444 g/mol. The lowest BCUT2D eigenvalue weighted by atomic mass is 10.0. The van der Waals surface area contributed by atoms with Gasteiger partial charge in [-0.2, -0.15) is 11.8 Å². The number of hydrogen-bond acceptors (Lipinski definition) is 6. The number of guanidine groups is 1. The van der Waals surface area contributed by atoms with Crippen LogP contribution in [0.15, 0.2) is 0 Å². The van der Waals surface area contributed by atoms with E-state index in [1.165, 1.54) is 18.7 Å². The Morgan fingerprint density at radius 2 is 1.70 bits per heavy atom. The predicted octanol–water partition coefficient (Wildman–Crippen LogP) is -0.278. The fraction of sp³-hybridized carbons (Fsp3) is 0.737. The third-order valence-corrected chi connectivity index (χ3v) is 4.79. The number of rotatable bonds is 15. The zero-order valence-corrected chi connectivity index (χ0v) is 19.1. The van der Waals surface area contributed by atoms with Crippen LogP contribution in [0.5, 0.6) is 0 Å². The van der Waals surface area contributed by atoms with Crippen molar-refractivity contribution in [2.45, 2.75) is 64.6 Å². The van der Waals surface area contributed by atoms with Crippen molar-refractivity contribution in [2.75, 3.05) is 18.6 Å². The zero-order chi connectivity index (χ0) is 23.1. The maximum atomic E-state index is 12.7. The van der Waals surface area contributed by atoms with Gasteiger partial charge in [0.1, 0.15) is 18.4 Å². The van der Waals surface area contributed by atoms with Crippen molar-refractivity contribution in [3.63, 3.8) is 0 Å². The number of carbonyl (C=O) groups is 4. The number of nitrogens with two attached hydrogens (primary N) is 1. The summed E-state index contributed by atoms with van der Waals surface area (Å²) in [6.45, 7) is 5.63. The van der Waals surface area contributed by atoms with Gasteiger partial charge < -0.3 is 31.8 Å². The van der Waals surface area contributed by atoms with E-state index < -0.39 is 29.9 Å². The van der Waals surface area contributed by atoms with Crippen molar-refractivity contribution < 1.29 is 19.2 Å². The fourth-order valence-electron chi connectivity index (χ4n) is 2.73. The summed E-state index contributed by atoms with van der Waals surface area (Å²) in [6.07, 6.45) is 4.29. The molecule has 0 aliphatic heterocycles. The minimum absolute atomic E-state index is 0.156. The highest BCUT2D eigenvalue weighted by Gasteiger charge is 2.27. The molecular weight excluding hydrogens is 408 g/mol. The maximum absolute atomic E-state index is 12.7. The first-order chi connectivity index (χ1) is 14.1. The Morgan fingerprint density at radius 1 is 1.07 bits per heavy atom. The maximum Gasteiger partial charge on any atom is 0.243 e. The molecule has 0 unspecified atom stereocenters. The van der Waals surface area contributed by atoms with E-state index in [0.29, 0.717) is 44.3 Å². The summed E-state index contributed by atoms with van der Waals surface area (Å²) in [5.74, 6) is -0.526. The van der Waals surface area contributed by atoms with E-state index in [-0.39, 0.29) is 17.8 Å². The van der Waals surface area contributed by atoms with E-state index in [9.17, 15) is 19.2 Å². The highest BCUT2D eigenvalue weighted by molar-refractivity contribution is 7.98. The second kappa shape index (κ2) is 15.5. The largest absolute Gasteiger partial charge is 0.370 e. The molecule has 0 fully saturated rings. The van der Waals surface area contributed by atoms with Crippen LogP contribution in [-0.2, 0) is 19.2 Å². The van der Waals surface area contributed by atoms with Gasteiger partial charge in [0.2, 0.25) is 17.7 Å². The minimum atomic E-state index is -0.814. The van der Waals surface area contributed by atoms with E-state index in [0.717, 1.165) is 0 Å². The third-order valence-electron chi connectivity index (χ3n) is 4.14. The number of nitrogens with one attached hydrogen (secondary N) is 5. The molecule has 7 N–H and O–H groups in total.